The van der Waals surface area contributed by atoms with Crippen LogP contribution in [0.2, 0.25) is 0 Å². The van der Waals surface area contributed by atoms with Crippen LogP contribution in [0.3, 0.4) is 0 Å². The number of phenolic OH excluding ortho intramolecular Hbond substituents is 1. The van der Waals surface area contributed by atoms with Crippen LogP contribution in [-0.2, 0) is 34.4 Å². The van der Waals surface area contributed by atoms with E-state index in [0.29, 0.717) is 54.3 Å². The van der Waals surface area contributed by atoms with Crippen LogP contribution in [0, 0.1) is 23.9 Å². The maximum absolute atomic E-state index is 13.9. The third kappa shape index (κ3) is 10.0. The lowest BCUT2D eigenvalue weighted by atomic mass is 9.73. The fourth-order valence-corrected chi connectivity index (χ4v) is 10.4. The number of methoxy groups -OCH3 is 1. The number of allylic oxidation sites excluding steroid dienone is 4. The van der Waals surface area contributed by atoms with Crippen molar-refractivity contribution in [2.45, 2.75) is 114 Å². The molecule has 6 bridgehead atoms. The first-order valence-corrected chi connectivity index (χ1v) is 23.0. The summed E-state index contributed by atoms with van der Waals surface area (Å²) in [6.45, 7) is 2.10. The molecule has 11 heteroatoms. The number of nitrogens with two attached hydrogens (primary N) is 1. The number of carbonyl (C=O) groups is 1. The van der Waals surface area contributed by atoms with Gasteiger partial charge in [0.05, 0.1) is 12.5 Å². The summed E-state index contributed by atoms with van der Waals surface area (Å²) in [6.07, 6.45) is 18.7. The molecule has 1 spiro atoms. The predicted molar refractivity (Wildman–Crippen MR) is 255 cm³/mol. The third-order valence-corrected chi connectivity index (χ3v) is 13.8. The second-order valence-corrected chi connectivity index (χ2v) is 18.1. The number of aromatic hydroxyl groups is 1. The monoisotopic (exact) mass is 879 g/mol. The number of aliphatic imine (C=N–C) groups is 1. The van der Waals surface area contributed by atoms with Gasteiger partial charge in [-0.05, 0) is 144 Å². The summed E-state index contributed by atoms with van der Waals surface area (Å²) in [4.78, 5) is 17.9. The van der Waals surface area contributed by atoms with E-state index in [9.17, 15) is 25.2 Å². The number of hydrogen-bond acceptors (Lipinski definition) is 9. The van der Waals surface area contributed by atoms with Crippen molar-refractivity contribution >= 4 is 34.3 Å². The molecule has 0 amide bonds. The van der Waals surface area contributed by atoms with Crippen molar-refractivity contribution in [1.82, 2.24) is 0 Å². The van der Waals surface area contributed by atoms with Gasteiger partial charge in [0.15, 0.2) is 23.7 Å². The summed E-state index contributed by atoms with van der Waals surface area (Å²) >= 11 is 0. The molecule has 0 radical (unpaired) electrons. The molecule has 0 aromatic heterocycles. The first-order valence-electron chi connectivity index (χ1n) is 23.0. The van der Waals surface area contributed by atoms with Gasteiger partial charge in [-0.15, -0.1) is 0 Å². The summed E-state index contributed by atoms with van der Waals surface area (Å²) in [5, 5.41) is 49.5. The Kier molecular flexibility index (Phi) is 13.9. The highest BCUT2D eigenvalue weighted by Crippen LogP contribution is 2.52. The average Bonchev–Trinajstić information content (AvgIpc) is 3.77. The second kappa shape index (κ2) is 19.9. The molecule has 11 nitrogen and oxygen atoms in total. The number of aliphatic hydroxyl groups is 3. The van der Waals surface area contributed by atoms with Gasteiger partial charge in [-0.2, -0.15) is 0 Å². The van der Waals surface area contributed by atoms with E-state index in [1.54, 1.807) is 26.3 Å². The molecule has 65 heavy (non-hydrogen) atoms. The van der Waals surface area contributed by atoms with Crippen molar-refractivity contribution < 1.29 is 39.4 Å². The highest BCUT2D eigenvalue weighted by Gasteiger charge is 2.40. The van der Waals surface area contributed by atoms with Crippen LogP contribution in [0.5, 0.6) is 17.2 Å². The largest absolute Gasteiger partial charge is 0.508 e. The number of carbonyl (C=O) groups excluding carboxylic acids is 1. The molecule has 3 aliphatic carbocycles. The summed E-state index contributed by atoms with van der Waals surface area (Å²) in [5.74, 6) is 5.20. The second-order valence-electron chi connectivity index (χ2n) is 18.1. The van der Waals surface area contributed by atoms with Crippen LogP contribution in [0.25, 0.3) is 16.8 Å². The van der Waals surface area contributed by atoms with E-state index in [1.807, 2.05) is 48.6 Å². The van der Waals surface area contributed by atoms with E-state index < -0.39 is 17.8 Å². The summed E-state index contributed by atoms with van der Waals surface area (Å²) in [6, 6.07) is 17.4. The summed E-state index contributed by atoms with van der Waals surface area (Å²) in [7, 11) is 3.22. The van der Waals surface area contributed by atoms with Crippen molar-refractivity contribution in [2.75, 3.05) is 19.5 Å². The van der Waals surface area contributed by atoms with E-state index in [0.717, 1.165) is 71.7 Å². The molecule has 5 aliphatic rings. The number of phenols is 1. The van der Waals surface area contributed by atoms with Crippen LogP contribution in [0.1, 0.15) is 122 Å². The number of ketones is 1. The standard InChI is InChI=1S/C54H61N3O8/c1-33-13-19-42-46-32-65-49-26-35(15-20-48(49)63-3)14-17-40(59)29-41(28-37-27-39(58)18-16-36(37)11-5-4-9-34-10-8-12-38(25-34)57-53(55)56-2)64-24-23-54(21-6-7-22-54)51-45(30-44(46)52(61)62)50(42)43(33)31-47(51)60/h8,10,12-13,15-16,18-20,25-27,30-31,33,36-37,41,52,58,60-62H,4-7,9,11,14,17,21-22,28-29,32H2,1-3H3,(H3,55,56,57)/t33-,36+,37+,41+/m1/s1. The predicted octanol–water partition coefficient (Wildman–Crippen LogP) is 9.71. The van der Waals surface area contributed by atoms with Crippen LogP contribution in [0.4, 0.5) is 5.69 Å². The van der Waals surface area contributed by atoms with Crippen molar-refractivity contribution in [2.24, 2.45) is 22.6 Å². The molecule has 340 valence electrons. The Morgan fingerprint density at radius 3 is 2.65 bits per heavy atom. The maximum atomic E-state index is 13.9. The van der Waals surface area contributed by atoms with Gasteiger partial charge in [-0.3, -0.25) is 9.79 Å². The molecule has 2 aliphatic heterocycles. The van der Waals surface area contributed by atoms with E-state index in [4.69, 9.17) is 19.9 Å². The minimum atomic E-state index is -1.82. The van der Waals surface area contributed by atoms with Crippen molar-refractivity contribution in [3.8, 4) is 29.3 Å². The quantitative estimate of drug-likeness (QED) is 0.0296. The topological polar surface area (TPSA) is 176 Å². The van der Waals surface area contributed by atoms with Gasteiger partial charge < -0.3 is 45.7 Å². The van der Waals surface area contributed by atoms with E-state index in [1.165, 1.54) is 5.56 Å². The van der Waals surface area contributed by atoms with Gasteiger partial charge in [0.25, 0.3) is 0 Å². The SMILES string of the molecule is CN=C(N)Nc1cccc(CCCC[C@H]2C=CC(O)=C[C@H]2C[C@H]2CC(=O)CCc3ccc(OC)c(c3)OCc3c(C(O)O)cc4c(c(O)cc5c4c3C=C[C@H]5C)C3(C#CO2)CCCC3)c1. The lowest BCUT2D eigenvalue weighted by Gasteiger charge is -2.31. The minimum Gasteiger partial charge on any atom is -0.508 e. The molecular formula is C54H61N3O8. The third-order valence-electron chi connectivity index (χ3n) is 13.8. The normalized spacial score (nSPS) is 21.6. The molecule has 2 heterocycles. The van der Waals surface area contributed by atoms with Crippen LogP contribution in [-0.4, -0.2) is 52.4 Å². The number of guanidine groups is 1. The molecule has 4 aromatic rings. The van der Waals surface area contributed by atoms with Gasteiger partial charge in [0.2, 0.25) is 0 Å². The molecule has 9 rings (SSSR count). The van der Waals surface area contributed by atoms with Crippen molar-refractivity contribution in [3.63, 3.8) is 0 Å². The number of hydrogen-bond donors (Lipinski definition) is 6. The zero-order chi connectivity index (χ0) is 45.7. The fourth-order valence-electron chi connectivity index (χ4n) is 10.4. The Labute approximate surface area is 381 Å². The minimum absolute atomic E-state index is 0.0118. The van der Waals surface area contributed by atoms with Crippen LogP contribution < -0.4 is 20.5 Å². The van der Waals surface area contributed by atoms with Gasteiger partial charge >= 0.3 is 0 Å². The Morgan fingerprint density at radius 1 is 1.03 bits per heavy atom. The molecule has 1 saturated carbocycles. The molecule has 0 unspecified atom stereocenters. The Hall–Kier alpha value is -6.22. The number of aryl methyl sites for hydroxylation is 2. The van der Waals surface area contributed by atoms with Crippen molar-refractivity contribution in [3.05, 3.63) is 124 Å². The number of fused-ring (bicyclic) bond motifs is 8. The molecule has 4 aromatic carbocycles. The van der Waals surface area contributed by atoms with Gasteiger partial charge in [0, 0.05) is 48.2 Å². The number of benzene rings is 4. The maximum Gasteiger partial charge on any atom is 0.192 e. The smallest absolute Gasteiger partial charge is 0.192 e. The Bertz CT molecular complexity index is 2610. The number of nitrogens with one attached hydrogen (secondary N) is 1. The molecule has 1 fully saturated rings. The Balaban J connectivity index is 1.13. The number of aliphatic hydroxyl groups excluding tert-OH is 2. The lowest BCUT2D eigenvalue weighted by Crippen LogP contribution is -2.25. The zero-order valence-corrected chi connectivity index (χ0v) is 37.6. The number of Topliss-reactive ketones (excluding diaryl/α,β-unsaturated/α-hetero) is 1. The molecular weight excluding hydrogens is 819 g/mol. The van der Waals surface area contributed by atoms with Gasteiger partial charge in [0.1, 0.15) is 36.1 Å². The first-order chi connectivity index (χ1) is 31.4. The van der Waals surface area contributed by atoms with E-state index in [2.05, 4.69) is 53.5 Å². The molecule has 0 saturated heterocycles. The fraction of sp³-hybridized carbons (Fsp3) is 0.407. The van der Waals surface area contributed by atoms with E-state index >= 15 is 0 Å². The number of ether oxygens (including phenoxy) is 3. The zero-order valence-electron chi connectivity index (χ0n) is 37.6. The van der Waals surface area contributed by atoms with E-state index in [-0.39, 0.29) is 60.1 Å². The number of rotatable bonds is 10. The summed E-state index contributed by atoms with van der Waals surface area (Å²) in [5.41, 5.74) is 11.4. The van der Waals surface area contributed by atoms with Gasteiger partial charge in [-0.25, -0.2) is 0 Å². The summed E-state index contributed by atoms with van der Waals surface area (Å²) < 4.78 is 18.7. The Morgan fingerprint density at radius 2 is 1.86 bits per heavy atom. The highest BCUT2D eigenvalue weighted by molar-refractivity contribution is 6.01. The first kappa shape index (κ1) is 45.4. The average molecular weight is 880 g/mol. The number of nitrogens with zero attached hydrogens (tertiary/aromatic N) is 1. The molecule has 7 N–H and O–H groups in total. The number of anilines is 1. The molecule has 4 atom stereocenters. The number of unbranched alkanes of at least 4 members (excludes halogenated alkanes) is 1. The van der Waals surface area contributed by atoms with Gasteiger partial charge in [-0.1, -0.05) is 62.6 Å². The highest BCUT2D eigenvalue weighted by atomic mass is 16.5. The van der Waals surface area contributed by atoms with Crippen LogP contribution >= 0.6 is 0 Å². The van der Waals surface area contributed by atoms with Crippen LogP contribution in [0.15, 0.2) is 89.7 Å². The van der Waals surface area contributed by atoms with Crippen molar-refractivity contribution in [1.29, 1.82) is 0 Å². The lowest BCUT2D eigenvalue weighted by molar-refractivity contribution is -0.121.